The van der Waals surface area contributed by atoms with Crippen LogP contribution in [0.25, 0.3) is 0 Å². The lowest BCUT2D eigenvalue weighted by Gasteiger charge is -2.44. The minimum Gasteiger partial charge on any atom is -0.352 e. The molecule has 0 aromatic carbocycles. The molecule has 3 N–H and O–H groups in total. The third kappa shape index (κ3) is 3.42. The van der Waals surface area contributed by atoms with E-state index in [1.54, 1.807) is 0 Å². The molecule has 4 heteroatoms. The molecule has 0 radical (unpaired) electrons. The molecule has 1 amide bonds. The fraction of sp³-hybridized carbons (Fsp3) is 0.941. The predicted octanol–water partition coefficient (Wildman–Crippen LogP) is 1.74. The van der Waals surface area contributed by atoms with Gasteiger partial charge >= 0.3 is 0 Å². The van der Waals surface area contributed by atoms with Gasteiger partial charge in [0.15, 0.2) is 0 Å². The van der Waals surface area contributed by atoms with Crippen LogP contribution in [0.4, 0.5) is 0 Å². The fourth-order valence-electron chi connectivity index (χ4n) is 4.78. The van der Waals surface area contributed by atoms with Crippen LogP contribution in [-0.2, 0) is 4.79 Å². The largest absolute Gasteiger partial charge is 0.352 e. The smallest absolute Gasteiger partial charge is 0.223 e. The first-order chi connectivity index (χ1) is 10.2. The summed E-state index contributed by atoms with van der Waals surface area (Å²) < 4.78 is 0. The lowest BCUT2D eigenvalue weighted by molar-refractivity contribution is -0.129. The van der Waals surface area contributed by atoms with Crippen molar-refractivity contribution in [3.63, 3.8) is 0 Å². The number of piperidine rings is 1. The molecule has 3 aliphatic rings. The van der Waals surface area contributed by atoms with E-state index in [4.69, 9.17) is 5.73 Å². The molecule has 3 unspecified atom stereocenters. The average molecular weight is 293 g/mol. The number of carbonyl (C=O) groups excluding carboxylic acids is 1. The Morgan fingerprint density at radius 1 is 1.19 bits per heavy atom. The molecule has 3 fully saturated rings. The van der Waals surface area contributed by atoms with E-state index in [0.29, 0.717) is 29.8 Å². The van der Waals surface area contributed by atoms with Crippen LogP contribution in [0.2, 0.25) is 0 Å². The number of rotatable bonds is 3. The Labute approximate surface area is 128 Å². The molecular weight excluding hydrogens is 262 g/mol. The molecule has 1 saturated heterocycles. The maximum absolute atomic E-state index is 12.6. The van der Waals surface area contributed by atoms with Gasteiger partial charge in [0.1, 0.15) is 0 Å². The van der Waals surface area contributed by atoms with Crippen molar-refractivity contribution in [1.82, 2.24) is 10.2 Å². The summed E-state index contributed by atoms with van der Waals surface area (Å²) in [5.74, 6) is 1.71. The molecule has 0 aromatic heterocycles. The van der Waals surface area contributed by atoms with Gasteiger partial charge in [0.25, 0.3) is 0 Å². The molecular formula is C17H31N3O. The van der Waals surface area contributed by atoms with Gasteiger partial charge < -0.3 is 16.0 Å². The first kappa shape index (κ1) is 15.3. The van der Waals surface area contributed by atoms with Crippen LogP contribution in [-0.4, -0.2) is 42.5 Å². The number of nitrogens with zero attached hydrogens (tertiary/aromatic N) is 1. The normalized spacial score (nSPS) is 40.8. The second-order valence-electron chi connectivity index (χ2n) is 7.44. The lowest BCUT2D eigenvalue weighted by Crippen LogP contribution is -2.52. The van der Waals surface area contributed by atoms with E-state index in [1.165, 1.54) is 32.2 Å². The van der Waals surface area contributed by atoms with Gasteiger partial charge in [-0.25, -0.2) is 0 Å². The van der Waals surface area contributed by atoms with Gasteiger partial charge in [-0.05, 0) is 63.5 Å². The predicted molar refractivity (Wildman–Crippen MR) is 84.8 cm³/mol. The molecule has 21 heavy (non-hydrogen) atoms. The van der Waals surface area contributed by atoms with Crippen LogP contribution in [0.15, 0.2) is 0 Å². The van der Waals surface area contributed by atoms with Gasteiger partial charge in [0, 0.05) is 24.5 Å². The topological polar surface area (TPSA) is 58.4 Å². The molecule has 2 aliphatic carbocycles. The van der Waals surface area contributed by atoms with Crippen molar-refractivity contribution in [2.24, 2.45) is 23.5 Å². The molecule has 3 rings (SSSR count). The molecule has 4 nitrogen and oxygen atoms in total. The number of nitrogens with two attached hydrogens (primary N) is 1. The molecule has 2 saturated carbocycles. The van der Waals surface area contributed by atoms with Crippen LogP contribution in [0, 0.1) is 17.8 Å². The Morgan fingerprint density at radius 3 is 2.57 bits per heavy atom. The molecule has 1 aliphatic heterocycles. The molecule has 0 aromatic rings. The van der Waals surface area contributed by atoms with E-state index in [9.17, 15) is 4.79 Å². The van der Waals surface area contributed by atoms with Crippen molar-refractivity contribution >= 4 is 5.91 Å². The van der Waals surface area contributed by atoms with Crippen LogP contribution >= 0.6 is 0 Å². The second kappa shape index (κ2) is 6.66. The number of likely N-dealkylation sites (N-methyl/N-ethyl adjacent to an activating group) is 1. The Balaban J connectivity index is 1.53. The highest BCUT2D eigenvalue weighted by Gasteiger charge is 2.40. The van der Waals surface area contributed by atoms with Crippen LogP contribution < -0.4 is 11.1 Å². The number of hydrogen-bond acceptors (Lipinski definition) is 3. The van der Waals surface area contributed by atoms with Crippen molar-refractivity contribution in [3.8, 4) is 0 Å². The lowest BCUT2D eigenvalue weighted by atomic mass is 9.65. The van der Waals surface area contributed by atoms with Gasteiger partial charge in [0.2, 0.25) is 5.91 Å². The molecule has 1 heterocycles. The summed E-state index contributed by atoms with van der Waals surface area (Å²) in [5, 5.41) is 3.34. The highest BCUT2D eigenvalue weighted by Crippen LogP contribution is 2.41. The summed E-state index contributed by atoms with van der Waals surface area (Å²) in [6, 6.07) is 0.717. The third-order valence-corrected chi connectivity index (χ3v) is 6.08. The summed E-state index contributed by atoms with van der Waals surface area (Å²) in [6.07, 6.45) is 8.16. The number of carbonyl (C=O) groups is 1. The molecule has 120 valence electrons. The van der Waals surface area contributed by atoms with Gasteiger partial charge in [-0.15, -0.1) is 0 Å². The molecule has 3 atom stereocenters. The van der Waals surface area contributed by atoms with E-state index in [-0.39, 0.29) is 5.92 Å². The summed E-state index contributed by atoms with van der Waals surface area (Å²) >= 11 is 0. The van der Waals surface area contributed by atoms with Crippen molar-refractivity contribution < 1.29 is 4.79 Å². The highest BCUT2D eigenvalue weighted by atomic mass is 16.2. The van der Waals surface area contributed by atoms with Gasteiger partial charge in [-0.1, -0.05) is 13.3 Å². The third-order valence-electron chi connectivity index (χ3n) is 6.08. The molecule has 2 bridgehead atoms. The Morgan fingerprint density at radius 2 is 1.90 bits per heavy atom. The zero-order valence-electron chi connectivity index (χ0n) is 13.4. The zero-order valence-corrected chi connectivity index (χ0v) is 13.4. The van der Waals surface area contributed by atoms with E-state index < -0.39 is 0 Å². The summed E-state index contributed by atoms with van der Waals surface area (Å²) in [7, 11) is 0. The zero-order chi connectivity index (χ0) is 14.8. The maximum atomic E-state index is 12.6. The minimum atomic E-state index is 0.220. The summed E-state index contributed by atoms with van der Waals surface area (Å²) in [5.41, 5.74) is 6.33. The van der Waals surface area contributed by atoms with Gasteiger partial charge in [-0.2, -0.15) is 0 Å². The van der Waals surface area contributed by atoms with Gasteiger partial charge in [-0.3, -0.25) is 4.79 Å². The number of hydrogen-bond donors (Lipinski definition) is 2. The van der Waals surface area contributed by atoms with E-state index in [1.807, 2.05) is 0 Å². The van der Waals surface area contributed by atoms with Crippen molar-refractivity contribution in [2.45, 2.75) is 64.0 Å². The second-order valence-corrected chi connectivity index (χ2v) is 7.44. The first-order valence-electron chi connectivity index (χ1n) is 8.95. The van der Waals surface area contributed by atoms with Crippen molar-refractivity contribution in [2.75, 3.05) is 19.6 Å². The highest BCUT2D eigenvalue weighted by molar-refractivity contribution is 5.79. The van der Waals surface area contributed by atoms with Crippen LogP contribution in [0.1, 0.15) is 51.9 Å². The van der Waals surface area contributed by atoms with E-state index >= 15 is 0 Å². The van der Waals surface area contributed by atoms with Crippen molar-refractivity contribution in [3.05, 3.63) is 0 Å². The number of fused-ring (bicyclic) bond motifs is 2. The minimum absolute atomic E-state index is 0.220. The first-order valence-corrected chi connectivity index (χ1v) is 8.95. The quantitative estimate of drug-likeness (QED) is 0.833. The van der Waals surface area contributed by atoms with E-state index in [0.717, 1.165) is 32.4 Å². The number of amides is 1. The van der Waals surface area contributed by atoms with Gasteiger partial charge in [0.05, 0.1) is 0 Å². The van der Waals surface area contributed by atoms with Crippen molar-refractivity contribution in [1.29, 1.82) is 0 Å². The Kier molecular flexibility index (Phi) is 4.85. The summed E-state index contributed by atoms with van der Waals surface area (Å²) in [4.78, 5) is 15.1. The number of nitrogens with one attached hydrogen (secondary N) is 1. The molecule has 0 spiro atoms. The summed E-state index contributed by atoms with van der Waals surface area (Å²) in [6.45, 7) is 5.51. The van der Waals surface area contributed by atoms with Crippen LogP contribution in [0.5, 0.6) is 0 Å². The monoisotopic (exact) mass is 293 g/mol. The Bertz CT molecular complexity index is 359. The fourth-order valence-corrected chi connectivity index (χ4v) is 4.78. The van der Waals surface area contributed by atoms with Crippen LogP contribution in [0.3, 0.4) is 0 Å². The number of likely N-dealkylation sites (tertiary alicyclic amines) is 1. The van der Waals surface area contributed by atoms with E-state index in [2.05, 4.69) is 17.1 Å². The SMILES string of the molecule is CCN1CCCC(NC(=O)C2CC3CCCC(C2)C3N)C1. The maximum Gasteiger partial charge on any atom is 0.223 e. The average Bonchev–Trinajstić information content (AvgIpc) is 2.47. The Hall–Kier alpha value is -0.610. The standard InChI is InChI=1S/C17H31N3O/c1-2-20-8-4-7-15(11-20)19-17(21)14-9-12-5-3-6-13(10-14)16(12)18/h12-16H,2-11,18H2,1H3,(H,19,21).